The molecule has 7 nitrogen and oxygen atoms in total. The predicted octanol–water partition coefficient (Wildman–Crippen LogP) is 5.08. The van der Waals surface area contributed by atoms with Crippen molar-refractivity contribution >= 4 is 28.9 Å². The fourth-order valence-corrected chi connectivity index (χ4v) is 4.44. The van der Waals surface area contributed by atoms with E-state index in [9.17, 15) is 19.7 Å². The zero-order chi connectivity index (χ0) is 22.9. The highest BCUT2D eigenvalue weighted by atomic mass is 16.6. The molecule has 0 heterocycles. The lowest BCUT2D eigenvalue weighted by atomic mass is 10.1. The molecule has 2 N–H and O–H groups in total. The van der Waals surface area contributed by atoms with Crippen LogP contribution in [0.25, 0.3) is 0 Å². The van der Waals surface area contributed by atoms with Crippen LogP contribution in [0.3, 0.4) is 0 Å². The minimum atomic E-state index is -0.533. The molecule has 2 fully saturated rings. The smallest absolute Gasteiger partial charge is 0.292 e. The fraction of sp³-hybridized carbons (Fsp3) is 0.231. The van der Waals surface area contributed by atoms with Crippen LogP contribution in [-0.2, 0) is 9.59 Å². The molecule has 0 unspecified atom stereocenters. The molecule has 2 aliphatic carbocycles. The summed E-state index contributed by atoms with van der Waals surface area (Å²) in [6.07, 6.45) is 1.48. The van der Waals surface area contributed by atoms with Gasteiger partial charge >= 0.3 is 0 Å². The third-order valence-corrected chi connectivity index (χ3v) is 6.43. The van der Waals surface area contributed by atoms with Crippen LogP contribution >= 0.6 is 0 Å². The number of nitro groups is 1. The number of anilines is 2. The fourth-order valence-electron chi connectivity index (χ4n) is 4.44. The summed E-state index contributed by atoms with van der Waals surface area (Å²) in [7, 11) is 0. The van der Waals surface area contributed by atoms with Crippen molar-refractivity contribution in [2.24, 2.45) is 11.8 Å². The van der Waals surface area contributed by atoms with Crippen LogP contribution in [0.1, 0.15) is 35.8 Å². The summed E-state index contributed by atoms with van der Waals surface area (Å²) in [5, 5.41) is 17.1. The molecule has 166 valence electrons. The van der Waals surface area contributed by atoms with Gasteiger partial charge in [0.2, 0.25) is 11.8 Å². The number of carbonyl (C=O) groups is 2. The Morgan fingerprint density at radius 3 is 1.79 bits per heavy atom. The Kier molecular flexibility index (Phi) is 5.38. The maximum atomic E-state index is 12.8. The van der Waals surface area contributed by atoms with Crippen LogP contribution in [0.4, 0.5) is 17.1 Å². The summed E-state index contributed by atoms with van der Waals surface area (Å²) < 4.78 is 0. The number of hydrogen-bond acceptors (Lipinski definition) is 4. The van der Waals surface area contributed by atoms with E-state index >= 15 is 0 Å². The van der Waals surface area contributed by atoms with E-state index in [1.165, 1.54) is 18.2 Å². The first-order valence-electron chi connectivity index (χ1n) is 11.0. The second kappa shape index (κ2) is 8.50. The normalized spacial score (nSPS) is 22.8. The Morgan fingerprint density at radius 1 is 0.758 bits per heavy atom. The first-order valence-corrected chi connectivity index (χ1v) is 11.0. The summed E-state index contributed by atoms with van der Waals surface area (Å²) in [4.78, 5) is 36.4. The maximum absolute atomic E-state index is 12.8. The average Bonchev–Trinajstić information content (AvgIpc) is 3.74. The summed E-state index contributed by atoms with van der Waals surface area (Å²) in [5.41, 5.74) is 2.54. The highest BCUT2D eigenvalue weighted by molar-refractivity contribution is 5.99. The van der Waals surface area contributed by atoms with Gasteiger partial charge in [0.05, 0.1) is 4.92 Å². The van der Waals surface area contributed by atoms with Crippen LogP contribution in [-0.4, -0.2) is 16.7 Å². The molecule has 0 bridgehead atoms. The van der Waals surface area contributed by atoms with Crippen molar-refractivity contribution in [3.63, 3.8) is 0 Å². The van der Waals surface area contributed by atoms with Gasteiger partial charge in [0.1, 0.15) is 5.69 Å². The van der Waals surface area contributed by atoms with Crippen molar-refractivity contribution in [3.8, 4) is 0 Å². The molecule has 0 aliphatic heterocycles. The predicted molar refractivity (Wildman–Crippen MR) is 125 cm³/mol. The molecule has 33 heavy (non-hydrogen) atoms. The highest BCUT2D eigenvalue weighted by Crippen LogP contribution is 2.49. The number of nitrogens with one attached hydrogen (secondary N) is 2. The lowest BCUT2D eigenvalue weighted by Gasteiger charge is -2.10. The second-order valence-corrected chi connectivity index (χ2v) is 8.69. The summed E-state index contributed by atoms with van der Waals surface area (Å²) in [5.74, 6) is -0.406. The minimum absolute atomic E-state index is 0.0944. The number of nitrogens with zero attached hydrogens (tertiary/aromatic N) is 1. The van der Waals surface area contributed by atoms with Crippen LogP contribution in [0.5, 0.6) is 0 Å². The lowest BCUT2D eigenvalue weighted by Crippen LogP contribution is -2.17. The zero-order valence-electron chi connectivity index (χ0n) is 17.8. The van der Waals surface area contributed by atoms with E-state index in [1.54, 1.807) is 0 Å². The molecule has 0 saturated heterocycles. The van der Waals surface area contributed by atoms with Crippen molar-refractivity contribution in [1.82, 2.24) is 0 Å². The Labute approximate surface area is 191 Å². The van der Waals surface area contributed by atoms with Crippen molar-refractivity contribution in [2.75, 3.05) is 10.6 Å². The summed E-state index contributed by atoms with van der Waals surface area (Å²) in [6, 6.07) is 23.9. The highest BCUT2D eigenvalue weighted by Gasteiger charge is 2.45. The third-order valence-electron chi connectivity index (χ3n) is 6.43. The minimum Gasteiger partial charge on any atom is -0.326 e. The van der Waals surface area contributed by atoms with Crippen LogP contribution in [0.2, 0.25) is 0 Å². The Hall–Kier alpha value is -4.00. The molecule has 0 spiro atoms. The van der Waals surface area contributed by atoms with Gasteiger partial charge in [-0.2, -0.15) is 0 Å². The van der Waals surface area contributed by atoms with E-state index in [1.807, 2.05) is 60.7 Å². The molecule has 7 heteroatoms. The topological polar surface area (TPSA) is 101 Å². The van der Waals surface area contributed by atoms with Crippen LogP contribution in [0.15, 0.2) is 78.9 Å². The molecule has 3 aromatic carbocycles. The van der Waals surface area contributed by atoms with Crippen LogP contribution in [0, 0.1) is 22.0 Å². The monoisotopic (exact) mass is 441 g/mol. The molecule has 5 rings (SSSR count). The molecule has 2 amide bonds. The van der Waals surface area contributed by atoms with Gasteiger partial charge in [0, 0.05) is 23.6 Å². The van der Waals surface area contributed by atoms with E-state index in [0.717, 1.165) is 17.5 Å². The van der Waals surface area contributed by atoms with E-state index < -0.39 is 4.92 Å². The first-order chi connectivity index (χ1) is 16.0. The van der Waals surface area contributed by atoms with Gasteiger partial charge in [0.15, 0.2) is 0 Å². The van der Waals surface area contributed by atoms with Gasteiger partial charge in [0.25, 0.3) is 5.69 Å². The van der Waals surface area contributed by atoms with E-state index in [-0.39, 0.29) is 46.9 Å². The number of benzene rings is 3. The molecular weight excluding hydrogens is 418 g/mol. The molecule has 2 aliphatic rings. The third kappa shape index (κ3) is 4.48. The Balaban J connectivity index is 1.26. The maximum Gasteiger partial charge on any atom is 0.292 e. The Morgan fingerprint density at radius 2 is 1.27 bits per heavy atom. The van der Waals surface area contributed by atoms with Crippen molar-refractivity contribution < 1.29 is 14.5 Å². The average molecular weight is 441 g/mol. The lowest BCUT2D eigenvalue weighted by molar-refractivity contribution is -0.383. The molecule has 0 aromatic heterocycles. The van der Waals surface area contributed by atoms with Crippen molar-refractivity contribution in [3.05, 3.63) is 100 Å². The molecule has 0 radical (unpaired) electrons. The number of carbonyl (C=O) groups excluding carboxylic acids is 2. The van der Waals surface area contributed by atoms with Crippen LogP contribution < -0.4 is 10.6 Å². The van der Waals surface area contributed by atoms with Gasteiger partial charge in [-0.05, 0) is 47.9 Å². The van der Waals surface area contributed by atoms with E-state index in [2.05, 4.69) is 10.6 Å². The standard InChI is InChI=1S/C26H23N3O4/c30-25(21-14-19(21)16-7-3-1-4-8-16)27-18-11-12-24(29(32)33)23(13-18)28-26(31)22-15-20(22)17-9-5-2-6-10-17/h1-13,19-22H,14-15H2,(H,27,30)(H,28,31)/t19-,20+,21+,22+/m0/s1. The van der Waals surface area contributed by atoms with Gasteiger partial charge in [-0.1, -0.05) is 60.7 Å². The largest absolute Gasteiger partial charge is 0.326 e. The number of hydrogen-bond donors (Lipinski definition) is 2. The SMILES string of the molecule is O=C(Nc1cc(NC(=O)[C@@H]2C[C@H]2c2ccccc2)ccc1[N+](=O)[O-])[C@@H]1C[C@@H]1c1ccccc1. The molecular formula is C26H23N3O4. The van der Waals surface area contributed by atoms with Gasteiger partial charge < -0.3 is 10.6 Å². The van der Waals surface area contributed by atoms with E-state index in [4.69, 9.17) is 0 Å². The van der Waals surface area contributed by atoms with Gasteiger partial charge in [-0.25, -0.2) is 0 Å². The van der Waals surface area contributed by atoms with Gasteiger partial charge in [-0.15, -0.1) is 0 Å². The molecule has 4 atom stereocenters. The van der Waals surface area contributed by atoms with Crippen molar-refractivity contribution in [1.29, 1.82) is 0 Å². The number of nitro benzene ring substituents is 1. The summed E-state index contributed by atoms with van der Waals surface area (Å²) in [6.45, 7) is 0. The number of amides is 2. The quantitative estimate of drug-likeness (QED) is 0.394. The second-order valence-electron chi connectivity index (χ2n) is 8.69. The Bertz CT molecular complexity index is 1210. The zero-order valence-corrected chi connectivity index (χ0v) is 17.8. The van der Waals surface area contributed by atoms with Crippen molar-refractivity contribution in [2.45, 2.75) is 24.7 Å². The summed E-state index contributed by atoms with van der Waals surface area (Å²) >= 11 is 0. The molecule has 2 saturated carbocycles. The van der Waals surface area contributed by atoms with Gasteiger partial charge in [-0.3, -0.25) is 19.7 Å². The first kappa shape index (κ1) is 20.9. The number of rotatable bonds is 7. The van der Waals surface area contributed by atoms with E-state index in [0.29, 0.717) is 12.1 Å². The molecule has 3 aromatic rings.